The minimum absolute atomic E-state index is 0.722. The summed E-state index contributed by atoms with van der Waals surface area (Å²) in [6.07, 6.45) is 2.48. The number of fused-ring (bicyclic) bond motifs is 1. The van der Waals surface area contributed by atoms with Crippen molar-refractivity contribution >= 4 is 16.6 Å². The fraction of sp³-hybridized carbons (Fsp3) is 0.409. The molecule has 0 aliphatic carbocycles. The van der Waals surface area contributed by atoms with E-state index in [-0.39, 0.29) is 0 Å². The quantitative estimate of drug-likeness (QED) is 0.774. The first-order chi connectivity index (χ1) is 13.4. The molecular weight excluding hydrogens is 336 g/mol. The summed E-state index contributed by atoms with van der Waals surface area (Å²) >= 11 is 0. The van der Waals surface area contributed by atoms with Gasteiger partial charge in [-0.15, -0.1) is 0 Å². The largest absolute Gasteiger partial charge is 0.379 e. The molecule has 140 valence electrons. The zero-order valence-corrected chi connectivity index (χ0v) is 15.6. The van der Waals surface area contributed by atoms with Gasteiger partial charge in [-0.2, -0.15) is 5.10 Å². The molecule has 5 rings (SSSR count). The van der Waals surface area contributed by atoms with Crippen LogP contribution in [-0.2, 0) is 4.74 Å². The maximum absolute atomic E-state index is 5.49. The van der Waals surface area contributed by atoms with E-state index < -0.39 is 0 Å². The highest BCUT2D eigenvalue weighted by Crippen LogP contribution is 2.29. The summed E-state index contributed by atoms with van der Waals surface area (Å²) in [6, 6.07) is 17.9. The molecule has 0 saturated carbocycles. The van der Waals surface area contributed by atoms with Crippen molar-refractivity contribution in [1.29, 1.82) is 0 Å². The van der Waals surface area contributed by atoms with Crippen LogP contribution < -0.4 is 4.90 Å². The molecule has 0 spiro atoms. The zero-order valence-electron chi connectivity index (χ0n) is 15.6. The summed E-state index contributed by atoms with van der Waals surface area (Å²) in [5.41, 5.74) is 4.60. The standard InChI is InChI=1S/C22H26N4O/c1-2-4-21-20(3-1)22(24-23-21)17-5-7-18(8-6-17)25-11-9-19(10-12-25)26-13-15-27-16-14-26/h1-8,19H,9-16H2,(H,23,24). The van der Waals surface area contributed by atoms with Gasteiger partial charge in [0.2, 0.25) is 0 Å². The highest BCUT2D eigenvalue weighted by molar-refractivity contribution is 5.92. The van der Waals surface area contributed by atoms with Crippen molar-refractivity contribution in [2.45, 2.75) is 18.9 Å². The van der Waals surface area contributed by atoms with Gasteiger partial charge in [0, 0.05) is 48.9 Å². The molecule has 2 aliphatic rings. The number of H-pyrrole nitrogens is 1. The topological polar surface area (TPSA) is 44.4 Å². The molecular formula is C22H26N4O. The average Bonchev–Trinajstić information content (AvgIpc) is 3.19. The van der Waals surface area contributed by atoms with Gasteiger partial charge >= 0.3 is 0 Å². The molecule has 27 heavy (non-hydrogen) atoms. The van der Waals surface area contributed by atoms with Crippen LogP contribution in [0.1, 0.15) is 12.8 Å². The number of morpholine rings is 1. The smallest absolute Gasteiger partial charge is 0.0999 e. The fourth-order valence-corrected chi connectivity index (χ4v) is 4.45. The van der Waals surface area contributed by atoms with Crippen LogP contribution in [0.2, 0.25) is 0 Å². The highest BCUT2D eigenvalue weighted by Gasteiger charge is 2.25. The van der Waals surface area contributed by atoms with E-state index in [1.165, 1.54) is 29.5 Å². The second-order valence-electron chi connectivity index (χ2n) is 7.53. The molecule has 2 aliphatic heterocycles. The van der Waals surface area contributed by atoms with E-state index in [0.717, 1.165) is 56.6 Å². The number of aromatic nitrogens is 2. The number of nitrogens with one attached hydrogen (secondary N) is 1. The lowest BCUT2D eigenvalue weighted by Gasteiger charge is -2.40. The van der Waals surface area contributed by atoms with Gasteiger partial charge in [-0.3, -0.25) is 10.00 Å². The summed E-state index contributed by atoms with van der Waals surface area (Å²) in [7, 11) is 0. The maximum atomic E-state index is 5.49. The molecule has 2 fully saturated rings. The number of anilines is 1. The highest BCUT2D eigenvalue weighted by atomic mass is 16.5. The van der Waals surface area contributed by atoms with Gasteiger partial charge < -0.3 is 9.64 Å². The predicted octanol–water partition coefficient (Wildman–Crippen LogP) is 3.53. The van der Waals surface area contributed by atoms with Gasteiger partial charge in [0.05, 0.1) is 24.4 Å². The Bertz CT molecular complexity index is 890. The Morgan fingerprint density at radius 3 is 2.41 bits per heavy atom. The average molecular weight is 362 g/mol. The molecule has 0 unspecified atom stereocenters. The Balaban J connectivity index is 1.27. The van der Waals surface area contributed by atoms with Crippen molar-refractivity contribution in [1.82, 2.24) is 15.1 Å². The summed E-state index contributed by atoms with van der Waals surface area (Å²) in [5, 5.41) is 8.82. The Morgan fingerprint density at radius 1 is 0.889 bits per heavy atom. The minimum atomic E-state index is 0.722. The first kappa shape index (κ1) is 16.8. The second kappa shape index (κ2) is 7.33. The van der Waals surface area contributed by atoms with Crippen LogP contribution in [0.5, 0.6) is 0 Å². The van der Waals surface area contributed by atoms with Crippen LogP contribution in [0.15, 0.2) is 48.5 Å². The first-order valence-corrected chi connectivity index (χ1v) is 9.99. The van der Waals surface area contributed by atoms with E-state index in [0.29, 0.717) is 0 Å². The van der Waals surface area contributed by atoms with E-state index in [4.69, 9.17) is 4.74 Å². The lowest BCUT2D eigenvalue weighted by atomic mass is 10.0. The van der Waals surface area contributed by atoms with Crippen molar-refractivity contribution in [3.63, 3.8) is 0 Å². The van der Waals surface area contributed by atoms with Crippen LogP contribution in [0.25, 0.3) is 22.2 Å². The number of para-hydroxylation sites is 1. The summed E-state index contributed by atoms with van der Waals surface area (Å²) in [5.74, 6) is 0. The lowest BCUT2D eigenvalue weighted by Crippen LogP contribution is -2.49. The normalized spacial score (nSPS) is 19.6. The van der Waals surface area contributed by atoms with Gasteiger partial charge in [-0.05, 0) is 31.0 Å². The van der Waals surface area contributed by atoms with Crippen molar-refractivity contribution in [2.24, 2.45) is 0 Å². The Kier molecular flexibility index (Phi) is 4.56. The van der Waals surface area contributed by atoms with Crippen molar-refractivity contribution in [3.8, 4) is 11.3 Å². The van der Waals surface area contributed by atoms with E-state index >= 15 is 0 Å². The number of benzene rings is 2. The fourth-order valence-electron chi connectivity index (χ4n) is 4.45. The molecule has 2 saturated heterocycles. The predicted molar refractivity (Wildman–Crippen MR) is 109 cm³/mol. The molecule has 3 heterocycles. The molecule has 0 bridgehead atoms. The van der Waals surface area contributed by atoms with Crippen LogP contribution in [0.4, 0.5) is 5.69 Å². The van der Waals surface area contributed by atoms with Crippen molar-refractivity contribution < 1.29 is 4.74 Å². The maximum Gasteiger partial charge on any atom is 0.0999 e. The monoisotopic (exact) mass is 362 g/mol. The lowest BCUT2D eigenvalue weighted by molar-refractivity contribution is 0.0115. The van der Waals surface area contributed by atoms with E-state index in [9.17, 15) is 0 Å². The summed E-state index contributed by atoms with van der Waals surface area (Å²) < 4.78 is 5.49. The molecule has 1 aromatic heterocycles. The number of aromatic amines is 1. The van der Waals surface area contributed by atoms with E-state index in [1.807, 2.05) is 6.07 Å². The van der Waals surface area contributed by atoms with Gasteiger partial charge in [0.25, 0.3) is 0 Å². The molecule has 1 N–H and O–H groups in total. The number of hydrogen-bond donors (Lipinski definition) is 1. The second-order valence-corrected chi connectivity index (χ2v) is 7.53. The van der Waals surface area contributed by atoms with E-state index in [2.05, 4.69) is 62.5 Å². The Labute approximate surface area is 159 Å². The van der Waals surface area contributed by atoms with Gasteiger partial charge in [0.15, 0.2) is 0 Å². The number of nitrogens with zero attached hydrogens (tertiary/aromatic N) is 3. The zero-order chi connectivity index (χ0) is 18.1. The van der Waals surface area contributed by atoms with Crippen LogP contribution in [0.3, 0.4) is 0 Å². The third kappa shape index (κ3) is 3.33. The van der Waals surface area contributed by atoms with E-state index in [1.54, 1.807) is 0 Å². The SMILES string of the molecule is c1ccc2c(-c3ccc(N4CCC(N5CCOCC5)CC4)cc3)n[nH]c2c1. The molecule has 0 atom stereocenters. The molecule has 0 radical (unpaired) electrons. The molecule has 5 nitrogen and oxygen atoms in total. The first-order valence-electron chi connectivity index (χ1n) is 9.99. The van der Waals surface area contributed by atoms with Crippen LogP contribution in [-0.4, -0.2) is 60.5 Å². The van der Waals surface area contributed by atoms with Gasteiger partial charge in [0.1, 0.15) is 0 Å². The van der Waals surface area contributed by atoms with Crippen molar-refractivity contribution in [2.75, 3.05) is 44.3 Å². The van der Waals surface area contributed by atoms with Crippen LogP contribution in [0, 0.1) is 0 Å². The summed E-state index contributed by atoms with van der Waals surface area (Å²) in [4.78, 5) is 5.13. The molecule has 3 aromatic rings. The third-order valence-electron chi connectivity index (χ3n) is 6.00. The minimum Gasteiger partial charge on any atom is -0.379 e. The Morgan fingerprint density at radius 2 is 1.63 bits per heavy atom. The van der Waals surface area contributed by atoms with Crippen LogP contribution >= 0.6 is 0 Å². The summed E-state index contributed by atoms with van der Waals surface area (Å²) in [6.45, 7) is 6.24. The number of piperidine rings is 1. The number of rotatable bonds is 3. The number of ether oxygens (including phenoxy) is 1. The molecule has 2 aromatic carbocycles. The van der Waals surface area contributed by atoms with Gasteiger partial charge in [-0.25, -0.2) is 0 Å². The van der Waals surface area contributed by atoms with Gasteiger partial charge in [-0.1, -0.05) is 30.3 Å². The molecule has 0 amide bonds. The molecule has 5 heteroatoms. The third-order valence-corrected chi connectivity index (χ3v) is 6.00. The van der Waals surface area contributed by atoms with Crippen molar-refractivity contribution in [3.05, 3.63) is 48.5 Å². The number of hydrogen-bond acceptors (Lipinski definition) is 4. The Hall–Kier alpha value is -2.37.